The molecule has 0 saturated heterocycles. The summed E-state index contributed by atoms with van der Waals surface area (Å²) in [5.74, 6) is 1.38. The quantitative estimate of drug-likeness (QED) is 0.777. The summed E-state index contributed by atoms with van der Waals surface area (Å²) in [5, 5.41) is 3.37. The maximum absolute atomic E-state index is 6.15. The van der Waals surface area contributed by atoms with E-state index < -0.39 is 0 Å². The number of halogens is 1. The van der Waals surface area contributed by atoms with Gasteiger partial charge in [0.15, 0.2) is 0 Å². The van der Waals surface area contributed by atoms with Crippen molar-refractivity contribution in [1.29, 1.82) is 0 Å². The van der Waals surface area contributed by atoms with E-state index in [4.69, 9.17) is 11.6 Å². The molecule has 1 N–H and O–H groups in total. The molecule has 0 bridgehead atoms. The maximum Gasteiger partial charge on any atom is 0.222 e. The lowest BCUT2D eigenvalue weighted by Crippen LogP contribution is -2.17. The molecule has 2 rings (SSSR count). The third kappa shape index (κ3) is 2.58. The van der Waals surface area contributed by atoms with Crippen LogP contribution in [0.15, 0.2) is 12.3 Å². The van der Waals surface area contributed by atoms with E-state index in [0.29, 0.717) is 11.9 Å². The van der Waals surface area contributed by atoms with E-state index in [1.807, 2.05) is 13.0 Å². The number of aromatic nitrogens is 2. The van der Waals surface area contributed by atoms with Crippen LogP contribution in [0.3, 0.4) is 0 Å². The van der Waals surface area contributed by atoms with Crippen LogP contribution in [0.4, 0.5) is 5.95 Å². The normalized spacial score (nSPS) is 17.9. The lowest BCUT2D eigenvalue weighted by Gasteiger charge is -2.09. The molecule has 1 aliphatic carbocycles. The second-order valence-corrected chi connectivity index (χ2v) is 4.32. The van der Waals surface area contributed by atoms with Gasteiger partial charge in [-0.2, -0.15) is 0 Å². The molecule has 0 aromatic carbocycles. The monoisotopic (exact) mass is 211 g/mol. The molecule has 3 nitrogen and oxygen atoms in total. The standard InChI is InChI=1S/C10H14ClN3/c1-7-4-5-12-10(14-7)13-6-9(11)8-2-3-8/h4-5,8-9H,2-3,6H2,1H3,(H,12,13,14). The molecule has 0 radical (unpaired) electrons. The number of anilines is 1. The Morgan fingerprint density at radius 1 is 1.64 bits per heavy atom. The van der Waals surface area contributed by atoms with E-state index in [1.165, 1.54) is 12.8 Å². The number of hydrogen-bond acceptors (Lipinski definition) is 3. The molecule has 1 atom stereocenters. The highest BCUT2D eigenvalue weighted by atomic mass is 35.5. The highest BCUT2D eigenvalue weighted by Gasteiger charge is 2.29. The minimum absolute atomic E-state index is 0.221. The Labute approximate surface area is 88.9 Å². The van der Waals surface area contributed by atoms with Gasteiger partial charge in [-0.15, -0.1) is 11.6 Å². The average Bonchev–Trinajstić information content (AvgIpc) is 2.97. The molecule has 1 aromatic heterocycles. The van der Waals surface area contributed by atoms with Crippen LogP contribution in [-0.2, 0) is 0 Å². The first-order chi connectivity index (χ1) is 6.75. The SMILES string of the molecule is Cc1ccnc(NCC(Cl)C2CC2)n1. The van der Waals surface area contributed by atoms with Crippen molar-refractivity contribution in [3.8, 4) is 0 Å². The van der Waals surface area contributed by atoms with Gasteiger partial charge in [-0.1, -0.05) is 0 Å². The third-order valence-electron chi connectivity index (χ3n) is 2.38. The van der Waals surface area contributed by atoms with E-state index >= 15 is 0 Å². The van der Waals surface area contributed by atoms with Crippen molar-refractivity contribution in [1.82, 2.24) is 9.97 Å². The lowest BCUT2D eigenvalue weighted by atomic mass is 10.3. The molecule has 1 aliphatic rings. The lowest BCUT2D eigenvalue weighted by molar-refractivity contribution is 0.765. The van der Waals surface area contributed by atoms with Crippen LogP contribution in [-0.4, -0.2) is 21.9 Å². The molecule has 1 saturated carbocycles. The Bertz CT molecular complexity index is 312. The molecule has 0 spiro atoms. The van der Waals surface area contributed by atoms with E-state index in [2.05, 4.69) is 15.3 Å². The average molecular weight is 212 g/mol. The molecule has 1 aromatic rings. The van der Waals surface area contributed by atoms with Crippen LogP contribution in [0.2, 0.25) is 0 Å². The predicted molar refractivity (Wildman–Crippen MR) is 57.6 cm³/mol. The van der Waals surface area contributed by atoms with Gasteiger partial charge >= 0.3 is 0 Å². The van der Waals surface area contributed by atoms with Crippen molar-refractivity contribution in [2.45, 2.75) is 25.1 Å². The van der Waals surface area contributed by atoms with Crippen LogP contribution >= 0.6 is 11.6 Å². The Balaban J connectivity index is 1.84. The van der Waals surface area contributed by atoms with Crippen LogP contribution < -0.4 is 5.32 Å². The van der Waals surface area contributed by atoms with Gasteiger partial charge in [-0.05, 0) is 31.7 Å². The molecule has 1 fully saturated rings. The fourth-order valence-corrected chi connectivity index (χ4v) is 1.68. The maximum atomic E-state index is 6.15. The Morgan fingerprint density at radius 3 is 3.07 bits per heavy atom. The number of nitrogens with zero attached hydrogens (tertiary/aromatic N) is 2. The summed E-state index contributed by atoms with van der Waals surface area (Å²) in [7, 11) is 0. The molecular weight excluding hydrogens is 198 g/mol. The summed E-state index contributed by atoms with van der Waals surface area (Å²) in [6, 6.07) is 1.88. The summed E-state index contributed by atoms with van der Waals surface area (Å²) < 4.78 is 0. The number of aryl methyl sites for hydroxylation is 1. The number of hydrogen-bond donors (Lipinski definition) is 1. The van der Waals surface area contributed by atoms with Gasteiger partial charge in [0.1, 0.15) is 0 Å². The van der Waals surface area contributed by atoms with Gasteiger partial charge in [-0.3, -0.25) is 0 Å². The smallest absolute Gasteiger partial charge is 0.222 e. The van der Waals surface area contributed by atoms with E-state index in [9.17, 15) is 0 Å². The largest absolute Gasteiger partial charge is 0.353 e. The number of rotatable bonds is 4. The van der Waals surface area contributed by atoms with Crippen LogP contribution in [0.1, 0.15) is 18.5 Å². The molecule has 0 aliphatic heterocycles. The van der Waals surface area contributed by atoms with E-state index in [1.54, 1.807) is 6.20 Å². The Hall–Kier alpha value is -0.830. The second-order valence-electron chi connectivity index (χ2n) is 3.76. The predicted octanol–water partition coefficient (Wildman–Crippen LogP) is 2.21. The van der Waals surface area contributed by atoms with Gasteiger partial charge in [0, 0.05) is 18.4 Å². The molecule has 0 amide bonds. The highest BCUT2D eigenvalue weighted by Crippen LogP contribution is 2.35. The van der Waals surface area contributed by atoms with E-state index in [-0.39, 0.29) is 5.38 Å². The zero-order valence-electron chi connectivity index (χ0n) is 8.20. The first kappa shape index (κ1) is 9.71. The van der Waals surface area contributed by atoms with Crippen molar-refractivity contribution in [3.05, 3.63) is 18.0 Å². The van der Waals surface area contributed by atoms with Crippen molar-refractivity contribution in [3.63, 3.8) is 0 Å². The molecule has 1 heterocycles. The zero-order valence-corrected chi connectivity index (χ0v) is 8.96. The van der Waals surface area contributed by atoms with Crippen LogP contribution in [0.5, 0.6) is 0 Å². The summed E-state index contributed by atoms with van der Waals surface area (Å²) in [4.78, 5) is 8.35. The van der Waals surface area contributed by atoms with Gasteiger partial charge < -0.3 is 5.32 Å². The van der Waals surface area contributed by atoms with Crippen molar-refractivity contribution < 1.29 is 0 Å². The molecule has 76 valence electrons. The van der Waals surface area contributed by atoms with Gasteiger partial charge in [0.05, 0.1) is 5.38 Å². The third-order valence-corrected chi connectivity index (χ3v) is 2.89. The fourth-order valence-electron chi connectivity index (χ4n) is 1.35. The van der Waals surface area contributed by atoms with E-state index in [0.717, 1.165) is 12.2 Å². The topological polar surface area (TPSA) is 37.8 Å². The summed E-state index contributed by atoms with van der Waals surface area (Å²) in [6.45, 7) is 2.71. The molecular formula is C10H14ClN3. The Kier molecular flexibility index (Phi) is 2.87. The van der Waals surface area contributed by atoms with Gasteiger partial charge in [-0.25, -0.2) is 9.97 Å². The van der Waals surface area contributed by atoms with Gasteiger partial charge in [0.25, 0.3) is 0 Å². The fraction of sp³-hybridized carbons (Fsp3) is 0.600. The molecule has 1 unspecified atom stereocenters. The summed E-state index contributed by atoms with van der Waals surface area (Å²) in [6.07, 6.45) is 4.29. The highest BCUT2D eigenvalue weighted by molar-refractivity contribution is 6.21. The number of alkyl halides is 1. The molecule has 14 heavy (non-hydrogen) atoms. The first-order valence-corrected chi connectivity index (χ1v) is 5.37. The van der Waals surface area contributed by atoms with Crippen molar-refractivity contribution >= 4 is 17.5 Å². The van der Waals surface area contributed by atoms with Crippen LogP contribution in [0.25, 0.3) is 0 Å². The van der Waals surface area contributed by atoms with Crippen LogP contribution in [0, 0.1) is 12.8 Å². The summed E-state index contributed by atoms with van der Waals surface area (Å²) in [5.41, 5.74) is 0.972. The zero-order chi connectivity index (χ0) is 9.97. The summed E-state index contributed by atoms with van der Waals surface area (Å²) >= 11 is 6.15. The molecule has 4 heteroatoms. The number of nitrogens with one attached hydrogen (secondary N) is 1. The van der Waals surface area contributed by atoms with Crippen molar-refractivity contribution in [2.75, 3.05) is 11.9 Å². The second kappa shape index (κ2) is 4.13. The minimum Gasteiger partial charge on any atom is -0.353 e. The first-order valence-electron chi connectivity index (χ1n) is 4.93. The van der Waals surface area contributed by atoms with Crippen molar-refractivity contribution in [2.24, 2.45) is 5.92 Å². The van der Waals surface area contributed by atoms with Gasteiger partial charge in [0.2, 0.25) is 5.95 Å². The minimum atomic E-state index is 0.221. The Morgan fingerprint density at radius 2 is 2.43 bits per heavy atom.